The molecule has 0 aliphatic carbocycles. The molecule has 1 saturated heterocycles. The second kappa shape index (κ2) is 60.1. The van der Waals surface area contributed by atoms with E-state index in [9.17, 15) is 35.1 Å². The van der Waals surface area contributed by atoms with Crippen LogP contribution < -0.4 is 5.32 Å². The molecule has 0 aromatic heterocycles. The van der Waals surface area contributed by atoms with Crippen LogP contribution in [0.5, 0.6) is 0 Å². The number of carbonyl (C=O) groups excluding carboxylic acids is 2. The van der Waals surface area contributed by atoms with Gasteiger partial charge < -0.3 is 45.1 Å². The van der Waals surface area contributed by atoms with Gasteiger partial charge in [0.2, 0.25) is 5.91 Å². The highest BCUT2D eigenvalue weighted by Crippen LogP contribution is 2.23. The molecule has 0 aromatic carbocycles. The Balaban J connectivity index is 1.98. The Hall–Kier alpha value is -1.60. The van der Waals surface area contributed by atoms with Gasteiger partial charge in [-0.05, 0) is 32.1 Å². The van der Waals surface area contributed by atoms with E-state index in [1.54, 1.807) is 6.08 Å². The predicted octanol–water partition coefficient (Wildman–Crippen LogP) is 17.9. The van der Waals surface area contributed by atoms with E-state index < -0.39 is 49.5 Å². The molecule has 1 fully saturated rings. The summed E-state index contributed by atoms with van der Waals surface area (Å²) in [6.07, 6.45) is 63.3. The van der Waals surface area contributed by atoms with Crippen LogP contribution in [0.2, 0.25) is 0 Å². The number of hydrogen-bond acceptors (Lipinski definition) is 10. The lowest BCUT2D eigenvalue weighted by Gasteiger charge is -2.40. The Bertz CT molecular complexity index is 1350. The Morgan fingerprint density at radius 3 is 1.15 bits per heavy atom. The van der Waals surface area contributed by atoms with Gasteiger partial charge in [0.15, 0.2) is 6.29 Å². The van der Waals surface area contributed by atoms with Gasteiger partial charge in [0.25, 0.3) is 0 Å². The molecular weight excluding hydrogens is 1010 g/mol. The van der Waals surface area contributed by atoms with Gasteiger partial charge in [0, 0.05) is 12.8 Å². The molecule has 0 spiro atoms. The number of rotatable bonds is 63. The minimum atomic E-state index is -1.57. The first-order chi connectivity index (χ1) is 39.7. The molecule has 480 valence electrons. The summed E-state index contributed by atoms with van der Waals surface area (Å²) < 4.78 is 16.8. The van der Waals surface area contributed by atoms with Crippen LogP contribution in [-0.2, 0) is 23.8 Å². The third kappa shape index (κ3) is 49.2. The van der Waals surface area contributed by atoms with Gasteiger partial charge in [-0.3, -0.25) is 9.59 Å². The number of esters is 1. The summed E-state index contributed by atoms with van der Waals surface area (Å²) in [5.74, 6) is -0.165. The topological polar surface area (TPSA) is 175 Å². The number of unbranched alkanes of at least 4 members (excludes halogenated alkanes) is 49. The molecule has 1 aliphatic heterocycles. The van der Waals surface area contributed by atoms with Gasteiger partial charge in [-0.2, -0.15) is 0 Å². The zero-order valence-electron chi connectivity index (χ0n) is 53.3. The molecule has 11 nitrogen and oxygen atoms in total. The molecule has 0 radical (unpaired) electrons. The van der Waals surface area contributed by atoms with Gasteiger partial charge in [-0.1, -0.05) is 328 Å². The quantitative estimate of drug-likeness (QED) is 0.0195. The standard InChI is InChI=1S/C70H135NO10/c1-3-5-7-9-11-13-15-16-33-37-40-44-48-52-56-63(73)62(61-80-70-69(78)68(77)67(76)64(60-72)81-70)71-65(74)57-53-49-45-41-38-34-31-29-27-25-23-21-19-17-18-20-22-24-26-28-30-32-35-39-43-47-51-55-59-79-66(75)58-54-50-46-42-36-14-12-10-8-6-4-2/h52,56,62-64,67-70,72-73,76-78H,3-51,53-55,57-61H2,1-2H3,(H,71,74)/b56-52+. The van der Waals surface area contributed by atoms with Crippen LogP contribution >= 0.6 is 0 Å². The van der Waals surface area contributed by atoms with Crippen LogP contribution in [0, 0.1) is 0 Å². The molecule has 1 aliphatic rings. The van der Waals surface area contributed by atoms with E-state index in [0.717, 1.165) is 51.4 Å². The van der Waals surface area contributed by atoms with E-state index in [-0.39, 0.29) is 18.5 Å². The van der Waals surface area contributed by atoms with E-state index in [1.807, 2.05) is 6.08 Å². The molecule has 0 aromatic rings. The maximum absolute atomic E-state index is 13.1. The summed E-state index contributed by atoms with van der Waals surface area (Å²) in [6, 6.07) is -0.807. The van der Waals surface area contributed by atoms with Crippen LogP contribution in [-0.4, -0.2) is 100 Å². The molecule has 1 rings (SSSR count). The largest absolute Gasteiger partial charge is 0.466 e. The zero-order valence-corrected chi connectivity index (χ0v) is 53.3. The van der Waals surface area contributed by atoms with E-state index in [1.165, 1.54) is 283 Å². The minimum Gasteiger partial charge on any atom is -0.466 e. The average molecular weight is 1150 g/mol. The number of aliphatic hydroxyl groups excluding tert-OH is 5. The number of aliphatic hydroxyl groups is 5. The van der Waals surface area contributed by atoms with Crippen LogP contribution in [0.25, 0.3) is 0 Å². The van der Waals surface area contributed by atoms with E-state index >= 15 is 0 Å². The molecule has 0 bridgehead atoms. The van der Waals surface area contributed by atoms with Crippen LogP contribution in [0.3, 0.4) is 0 Å². The van der Waals surface area contributed by atoms with Gasteiger partial charge in [0.05, 0.1) is 32.0 Å². The van der Waals surface area contributed by atoms with Gasteiger partial charge >= 0.3 is 5.97 Å². The number of nitrogens with one attached hydrogen (secondary N) is 1. The fraction of sp³-hybridized carbons (Fsp3) is 0.943. The number of ether oxygens (including phenoxy) is 3. The summed E-state index contributed by atoms with van der Waals surface area (Å²) in [7, 11) is 0. The number of carbonyl (C=O) groups is 2. The normalized spacial score (nSPS) is 18.2. The molecule has 1 amide bonds. The van der Waals surface area contributed by atoms with Crippen molar-refractivity contribution < 1.29 is 49.3 Å². The van der Waals surface area contributed by atoms with Gasteiger partial charge in [-0.25, -0.2) is 0 Å². The van der Waals surface area contributed by atoms with Crippen molar-refractivity contribution >= 4 is 11.9 Å². The highest BCUT2D eigenvalue weighted by Gasteiger charge is 2.44. The molecule has 7 unspecified atom stereocenters. The fourth-order valence-corrected chi connectivity index (χ4v) is 11.6. The average Bonchev–Trinajstić information content (AvgIpc) is 3.49. The van der Waals surface area contributed by atoms with Crippen molar-refractivity contribution in [3.8, 4) is 0 Å². The molecule has 0 saturated carbocycles. The van der Waals surface area contributed by atoms with Crippen molar-refractivity contribution in [2.24, 2.45) is 0 Å². The number of amides is 1. The lowest BCUT2D eigenvalue weighted by Crippen LogP contribution is -2.60. The maximum Gasteiger partial charge on any atom is 0.305 e. The van der Waals surface area contributed by atoms with Crippen molar-refractivity contribution in [2.45, 2.75) is 403 Å². The smallest absolute Gasteiger partial charge is 0.305 e. The Kier molecular flexibility index (Phi) is 57.4. The van der Waals surface area contributed by atoms with Gasteiger partial charge in [-0.15, -0.1) is 0 Å². The number of allylic oxidation sites excluding steroid dienone is 1. The summed E-state index contributed by atoms with van der Waals surface area (Å²) in [5.41, 5.74) is 0. The lowest BCUT2D eigenvalue weighted by molar-refractivity contribution is -0.302. The fourth-order valence-electron chi connectivity index (χ4n) is 11.6. The molecule has 1 heterocycles. The maximum atomic E-state index is 13.1. The molecule has 7 atom stereocenters. The van der Waals surface area contributed by atoms with Crippen LogP contribution in [0.4, 0.5) is 0 Å². The Morgan fingerprint density at radius 2 is 0.778 bits per heavy atom. The van der Waals surface area contributed by atoms with E-state index in [4.69, 9.17) is 14.2 Å². The zero-order chi connectivity index (χ0) is 58.7. The van der Waals surface area contributed by atoms with E-state index in [0.29, 0.717) is 19.4 Å². The molecule has 11 heteroatoms. The highest BCUT2D eigenvalue weighted by atomic mass is 16.7. The SMILES string of the molecule is CCCCCCCCCCCCCC/C=C/C(O)C(COC1OC(CO)C(O)C(O)C1O)NC(=O)CCCCCCCCCCCCCCCCCCCCCCCCCCCCCCOC(=O)CCCCCCCCCCCCC. The third-order valence-corrected chi connectivity index (χ3v) is 17.2. The van der Waals surface area contributed by atoms with Crippen molar-refractivity contribution in [1.29, 1.82) is 0 Å². The second-order valence-electron chi connectivity index (χ2n) is 25.0. The van der Waals surface area contributed by atoms with E-state index in [2.05, 4.69) is 19.2 Å². The first-order valence-corrected chi connectivity index (χ1v) is 35.5. The summed E-state index contributed by atoms with van der Waals surface area (Å²) >= 11 is 0. The third-order valence-electron chi connectivity index (χ3n) is 17.2. The monoisotopic (exact) mass is 1150 g/mol. The summed E-state index contributed by atoms with van der Waals surface area (Å²) in [5, 5.41) is 54.5. The van der Waals surface area contributed by atoms with Gasteiger partial charge in [0.1, 0.15) is 24.4 Å². The molecular formula is C70H135NO10. The van der Waals surface area contributed by atoms with Crippen molar-refractivity contribution in [3.05, 3.63) is 12.2 Å². The number of hydrogen-bond donors (Lipinski definition) is 6. The predicted molar refractivity (Wildman–Crippen MR) is 338 cm³/mol. The molecule has 6 N–H and O–H groups in total. The second-order valence-corrected chi connectivity index (χ2v) is 25.0. The Morgan fingerprint density at radius 1 is 0.444 bits per heavy atom. The highest BCUT2D eigenvalue weighted by molar-refractivity contribution is 5.76. The Labute approximate surface area is 499 Å². The van der Waals surface area contributed by atoms with Crippen LogP contribution in [0.1, 0.15) is 361 Å². The van der Waals surface area contributed by atoms with Crippen molar-refractivity contribution in [3.63, 3.8) is 0 Å². The summed E-state index contributed by atoms with van der Waals surface area (Å²) in [4.78, 5) is 25.1. The first kappa shape index (κ1) is 77.4. The first-order valence-electron chi connectivity index (χ1n) is 35.5. The van der Waals surface area contributed by atoms with Crippen molar-refractivity contribution in [1.82, 2.24) is 5.32 Å². The van der Waals surface area contributed by atoms with Crippen molar-refractivity contribution in [2.75, 3.05) is 19.8 Å². The summed E-state index contributed by atoms with van der Waals surface area (Å²) in [6.45, 7) is 4.39. The minimum absolute atomic E-state index is 0.0102. The van der Waals surface area contributed by atoms with Crippen LogP contribution in [0.15, 0.2) is 12.2 Å². The lowest BCUT2D eigenvalue weighted by atomic mass is 9.99. The molecule has 81 heavy (non-hydrogen) atoms.